The maximum Gasteiger partial charge on any atom is 0.0437 e. The summed E-state index contributed by atoms with van der Waals surface area (Å²) in [6.07, 6.45) is 5.26. The molecule has 0 amide bonds. The lowest BCUT2D eigenvalue weighted by Gasteiger charge is -2.13. The molecule has 0 aromatic heterocycles. The van der Waals surface area contributed by atoms with Crippen molar-refractivity contribution in [1.82, 2.24) is 0 Å². The number of nitrogens with one attached hydrogen (secondary N) is 1. The second-order valence-electron chi connectivity index (χ2n) is 3.78. The number of rotatable bonds is 2. The molecule has 1 nitrogen and oxygen atoms in total. The first-order chi connectivity index (χ1) is 6.74. The summed E-state index contributed by atoms with van der Waals surface area (Å²) in [6.45, 7) is 0. The van der Waals surface area contributed by atoms with Crippen LogP contribution in [0.4, 0.5) is 5.69 Å². The van der Waals surface area contributed by atoms with Crippen LogP contribution < -0.4 is 5.32 Å². The molecule has 0 unspecified atom stereocenters. The third kappa shape index (κ3) is 2.64. The topological polar surface area (TPSA) is 12.0 Å². The molecule has 0 atom stereocenters. The first-order valence-corrected chi connectivity index (χ1v) is 6.14. The highest BCUT2D eigenvalue weighted by Gasteiger charge is 2.14. The molecule has 1 aromatic rings. The number of anilines is 1. The minimum absolute atomic E-state index is 0.639. The van der Waals surface area contributed by atoms with Gasteiger partial charge in [-0.05, 0) is 31.0 Å². The first-order valence-electron chi connectivity index (χ1n) is 4.97. The Bertz CT molecular complexity index is 301. The molecule has 1 fully saturated rings. The molecular weight excluding hydrogens is 261 g/mol. The molecule has 3 heteroatoms. The van der Waals surface area contributed by atoms with Gasteiger partial charge in [0.2, 0.25) is 0 Å². The van der Waals surface area contributed by atoms with E-state index in [-0.39, 0.29) is 0 Å². The van der Waals surface area contributed by atoms with Gasteiger partial charge < -0.3 is 5.32 Å². The Morgan fingerprint density at radius 3 is 2.57 bits per heavy atom. The molecule has 14 heavy (non-hydrogen) atoms. The second kappa shape index (κ2) is 4.54. The summed E-state index contributed by atoms with van der Waals surface area (Å²) in [5.74, 6) is 0. The lowest BCUT2D eigenvalue weighted by Crippen LogP contribution is -2.14. The van der Waals surface area contributed by atoms with Gasteiger partial charge in [0, 0.05) is 21.2 Å². The van der Waals surface area contributed by atoms with E-state index in [2.05, 4.69) is 27.3 Å². The van der Waals surface area contributed by atoms with Gasteiger partial charge in [0.05, 0.1) is 0 Å². The lowest BCUT2D eigenvalue weighted by atomic mass is 10.2. The molecule has 0 aliphatic heterocycles. The molecule has 1 N–H and O–H groups in total. The van der Waals surface area contributed by atoms with E-state index in [1.165, 1.54) is 25.7 Å². The van der Waals surface area contributed by atoms with Crippen molar-refractivity contribution in [2.45, 2.75) is 31.7 Å². The zero-order valence-corrected chi connectivity index (χ0v) is 10.2. The van der Waals surface area contributed by atoms with Gasteiger partial charge in [-0.3, -0.25) is 0 Å². The van der Waals surface area contributed by atoms with E-state index in [0.717, 1.165) is 15.2 Å². The summed E-state index contributed by atoms with van der Waals surface area (Å²) in [4.78, 5) is 0. The normalized spacial score (nSPS) is 17.3. The minimum atomic E-state index is 0.639. The molecule has 1 aromatic carbocycles. The van der Waals surface area contributed by atoms with Crippen molar-refractivity contribution in [3.63, 3.8) is 0 Å². The van der Waals surface area contributed by atoms with Crippen LogP contribution in [0, 0.1) is 0 Å². The molecular formula is C11H13BrClN. The van der Waals surface area contributed by atoms with Crippen LogP contribution in [0.15, 0.2) is 22.7 Å². The summed E-state index contributed by atoms with van der Waals surface area (Å²) in [5.41, 5.74) is 1.12. The maximum atomic E-state index is 5.97. The van der Waals surface area contributed by atoms with Crippen LogP contribution in [0.1, 0.15) is 25.7 Å². The van der Waals surface area contributed by atoms with E-state index < -0.39 is 0 Å². The van der Waals surface area contributed by atoms with Crippen molar-refractivity contribution >= 4 is 33.2 Å². The van der Waals surface area contributed by atoms with Gasteiger partial charge in [0.15, 0.2) is 0 Å². The predicted molar refractivity (Wildman–Crippen MR) is 65.0 cm³/mol. The highest BCUT2D eigenvalue weighted by Crippen LogP contribution is 2.26. The SMILES string of the molecule is Clc1cc(Br)cc(NC2CCCC2)c1. The average Bonchev–Trinajstić information content (AvgIpc) is 2.54. The molecule has 0 spiro atoms. The van der Waals surface area contributed by atoms with E-state index in [4.69, 9.17) is 11.6 Å². The predicted octanol–water partition coefficient (Wildman–Crippen LogP) is 4.46. The van der Waals surface area contributed by atoms with Gasteiger partial charge in [0.25, 0.3) is 0 Å². The van der Waals surface area contributed by atoms with Crippen LogP contribution in [0.25, 0.3) is 0 Å². The Balaban J connectivity index is 2.07. The van der Waals surface area contributed by atoms with Crippen LogP contribution in [0.3, 0.4) is 0 Å². The molecule has 1 aliphatic carbocycles. The average molecular weight is 275 g/mol. The van der Waals surface area contributed by atoms with Crippen LogP contribution in [-0.2, 0) is 0 Å². The molecule has 0 saturated heterocycles. The number of hydrogen-bond donors (Lipinski definition) is 1. The van der Waals surface area contributed by atoms with Gasteiger partial charge in [-0.1, -0.05) is 40.4 Å². The van der Waals surface area contributed by atoms with Gasteiger partial charge in [0.1, 0.15) is 0 Å². The first kappa shape index (κ1) is 10.3. The third-order valence-electron chi connectivity index (χ3n) is 2.59. The van der Waals surface area contributed by atoms with E-state index >= 15 is 0 Å². The molecule has 1 saturated carbocycles. The highest BCUT2D eigenvalue weighted by molar-refractivity contribution is 9.10. The van der Waals surface area contributed by atoms with Crippen molar-refractivity contribution in [2.24, 2.45) is 0 Å². The number of halogens is 2. The summed E-state index contributed by atoms with van der Waals surface area (Å²) in [7, 11) is 0. The fourth-order valence-corrected chi connectivity index (χ4v) is 2.80. The molecule has 76 valence electrons. The lowest BCUT2D eigenvalue weighted by molar-refractivity contribution is 0.755. The fourth-order valence-electron chi connectivity index (χ4n) is 1.94. The van der Waals surface area contributed by atoms with Crippen molar-refractivity contribution in [1.29, 1.82) is 0 Å². The molecule has 0 radical (unpaired) electrons. The Morgan fingerprint density at radius 2 is 1.93 bits per heavy atom. The molecule has 1 aliphatic rings. The van der Waals surface area contributed by atoms with Crippen LogP contribution in [-0.4, -0.2) is 6.04 Å². The molecule has 0 heterocycles. The fraction of sp³-hybridized carbons (Fsp3) is 0.455. The Morgan fingerprint density at radius 1 is 1.21 bits per heavy atom. The van der Waals surface area contributed by atoms with Crippen molar-refractivity contribution in [3.05, 3.63) is 27.7 Å². The largest absolute Gasteiger partial charge is 0.382 e. The van der Waals surface area contributed by atoms with Crippen molar-refractivity contribution in [3.8, 4) is 0 Å². The van der Waals surface area contributed by atoms with Crippen molar-refractivity contribution < 1.29 is 0 Å². The van der Waals surface area contributed by atoms with Gasteiger partial charge in [-0.15, -0.1) is 0 Å². The van der Waals surface area contributed by atoms with Gasteiger partial charge in [-0.25, -0.2) is 0 Å². The van der Waals surface area contributed by atoms with E-state index in [0.29, 0.717) is 6.04 Å². The summed E-state index contributed by atoms with van der Waals surface area (Å²) in [5, 5.41) is 4.29. The standard InChI is InChI=1S/C11H13BrClN/c12-8-5-9(13)7-11(6-8)14-10-3-1-2-4-10/h5-7,10,14H,1-4H2. The van der Waals surface area contributed by atoms with Crippen LogP contribution >= 0.6 is 27.5 Å². The zero-order chi connectivity index (χ0) is 9.97. The van der Waals surface area contributed by atoms with E-state index in [9.17, 15) is 0 Å². The van der Waals surface area contributed by atoms with Gasteiger partial charge >= 0.3 is 0 Å². The quantitative estimate of drug-likeness (QED) is 0.840. The number of hydrogen-bond acceptors (Lipinski definition) is 1. The summed E-state index contributed by atoms with van der Waals surface area (Å²) >= 11 is 9.40. The Hall–Kier alpha value is -0.210. The summed E-state index contributed by atoms with van der Waals surface area (Å²) < 4.78 is 1.03. The third-order valence-corrected chi connectivity index (χ3v) is 3.26. The van der Waals surface area contributed by atoms with E-state index in [1.807, 2.05) is 12.1 Å². The Kier molecular flexibility index (Phi) is 3.34. The van der Waals surface area contributed by atoms with Crippen LogP contribution in [0.2, 0.25) is 5.02 Å². The Labute approximate surface area is 98.0 Å². The van der Waals surface area contributed by atoms with E-state index in [1.54, 1.807) is 0 Å². The smallest absolute Gasteiger partial charge is 0.0437 e. The highest BCUT2D eigenvalue weighted by atomic mass is 79.9. The maximum absolute atomic E-state index is 5.97. The summed E-state index contributed by atoms with van der Waals surface area (Å²) in [6, 6.07) is 6.59. The molecule has 0 bridgehead atoms. The zero-order valence-electron chi connectivity index (χ0n) is 7.89. The second-order valence-corrected chi connectivity index (χ2v) is 5.14. The molecule has 2 rings (SSSR count). The number of benzene rings is 1. The van der Waals surface area contributed by atoms with Gasteiger partial charge in [-0.2, -0.15) is 0 Å². The van der Waals surface area contributed by atoms with Crippen molar-refractivity contribution in [2.75, 3.05) is 5.32 Å². The minimum Gasteiger partial charge on any atom is -0.382 e. The monoisotopic (exact) mass is 273 g/mol. The van der Waals surface area contributed by atoms with Crippen LogP contribution in [0.5, 0.6) is 0 Å².